The van der Waals surface area contributed by atoms with Gasteiger partial charge in [-0.3, -0.25) is 4.79 Å². The number of hydrogen-bond donors (Lipinski definition) is 0. The topological polar surface area (TPSA) is 38.8 Å². The third-order valence-electron chi connectivity index (χ3n) is 7.07. The summed E-state index contributed by atoms with van der Waals surface area (Å²) in [6, 6.07) is 26.4. The molecule has 1 aliphatic carbocycles. The number of allylic oxidation sites excluding steroid dienone is 1. The summed E-state index contributed by atoms with van der Waals surface area (Å²) in [7, 11) is 4.07. The summed E-state index contributed by atoms with van der Waals surface area (Å²) in [6.45, 7) is 0.565. The van der Waals surface area contributed by atoms with Crippen LogP contribution in [0, 0.1) is 5.92 Å². The fraction of sp³-hybridized carbons (Fsp3) is 0.207. The fourth-order valence-corrected chi connectivity index (χ4v) is 5.41. The van der Waals surface area contributed by atoms with E-state index in [4.69, 9.17) is 9.47 Å². The van der Waals surface area contributed by atoms with Gasteiger partial charge in [-0.05, 0) is 54.0 Å². The first-order valence-corrected chi connectivity index (χ1v) is 11.3. The number of para-hydroxylation sites is 1. The van der Waals surface area contributed by atoms with Crippen LogP contribution in [0.2, 0.25) is 0 Å². The second-order valence-corrected chi connectivity index (χ2v) is 9.15. The third kappa shape index (κ3) is 2.94. The molecule has 0 fully saturated rings. The Labute approximate surface area is 193 Å². The van der Waals surface area contributed by atoms with Crippen molar-refractivity contribution in [1.82, 2.24) is 0 Å². The Hall–Kier alpha value is -3.79. The molecule has 1 spiro atoms. The molecule has 4 nitrogen and oxygen atoms in total. The third-order valence-corrected chi connectivity index (χ3v) is 7.07. The maximum absolute atomic E-state index is 13.5. The Kier molecular flexibility index (Phi) is 4.44. The van der Waals surface area contributed by atoms with Gasteiger partial charge < -0.3 is 14.4 Å². The molecular weight excluding hydrogens is 410 g/mol. The number of nitrogens with zero attached hydrogens (tertiary/aromatic N) is 1. The van der Waals surface area contributed by atoms with Crippen LogP contribution in [-0.4, -0.2) is 26.7 Å². The molecule has 2 heterocycles. The molecule has 0 bridgehead atoms. The van der Waals surface area contributed by atoms with Crippen LogP contribution < -0.4 is 9.64 Å². The number of carbonyl (C=O) groups excluding carboxylic acids is 1. The van der Waals surface area contributed by atoms with Gasteiger partial charge in [-0.15, -0.1) is 0 Å². The molecular formula is C29H25NO3. The highest BCUT2D eigenvalue weighted by atomic mass is 16.5. The van der Waals surface area contributed by atoms with Gasteiger partial charge in [0, 0.05) is 42.4 Å². The zero-order chi connectivity index (χ0) is 22.6. The summed E-state index contributed by atoms with van der Waals surface area (Å²) in [5.41, 5.74) is 5.52. The average Bonchev–Trinajstić information content (AvgIpc) is 3.38. The van der Waals surface area contributed by atoms with E-state index in [0.29, 0.717) is 18.8 Å². The Bertz CT molecular complexity index is 1300. The van der Waals surface area contributed by atoms with Gasteiger partial charge in [0.05, 0.1) is 6.61 Å². The van der Waals surface area contributed by atoms with E-state index in [1.54, 1.807) is 0 Å². The predicted octanol–water partition coefficient (Wildman–Crippen LogP) is 5.45. The summed E-state index contributed by atoms with van der Waals surface area (Å²) in [5.74, 6) is 1.50. The molecule has 0 N–H and O–H groups in total. The molecule has 3 aliphatic rings. The first kappa shape index (κ1) is 19.9. The Morgan fingerprint density at radius 3 is 2.36 bits per heavy atom. The van der Waals surface area contributed by atoms with E-state index < -0.39 is 5.41 Å². The summed E-state index contributed by atoms with van der Waals surface area (Å²) in [4.78, 5) is 15.6. The van der Waals surface area contributed by atoms with Crippen LogP contribution in [0.25, 0.3) is 11.3 Å². The largest absolute Gasteiger partial charge is 0.492 e. The molecule has 4 heteroatoms. The van der Waals surface area contributed by atoms with E-state index in [0.717, 1.165) is 39.3 Å². The van der Waals surface area contributed by atoms with E-state index in [2.05, 4.69) is 47.4 Å². The number of fused-ring (bicyclic) bond motifs is 3. The van der Waals surface area contributed by atoms with Crippen molar-refractivity contribution in [3.05, 3.63) is 107 Å². The van der Waals surface area contributed by atoms with Crippen molar-refractivity contribution < 1.29 is 14.3 Å². The molecule has 3 aromatic carbocycles. The van der Waals surface area contributed by atoms with Gasteiger partial charge in [0.25, 0.3) is 0 Å². The maximum Gasteiger partial charge on any atom is 0.326 e. The summed E-state index contributed by atoms with van der Waals surface area (Å²) in [6.07, 6.45) is 2.83. The zero-order valence-electron chi connectivity index (χ0n) is 18.7. The highest BCUT2D eigenvalue weighted by Gasteiger charge is 2.56. The SMILES string of the molecule is CN(C)c1ccc(C2=C3C=C(c4ccccc4)[C@]4(C[C@H]3CO2)C(=O)Oc2ccccc24)cc1. The number of hydrogen-bond acceptors (Lipinski definition) is 4. The molecule has 3 aromatic rings. The standard InChI is InChI=1S/C29H25NO3/c1-30(2)22-14-12-20(13-15-22)27-23-16-25(19-8-4-3-5-9-19)29(17-21(23)18-32-27)24-10-6-7-11-26(24)33-28(29)31/h3-16,21H,17-18H2,1-2H3/t21-,29+/m0/s1. The van der Waals surface area contributed by atoms with Crippen LogP contribution in [0.15, 0.2) is 90.5 Å². The molecule has 0 aromatic heterocycles. The van der Waals surface area contributed by atoms with E-state index in [1.165, 1.54) is 0 Å². The smallest absolute Gasteiger partial charge is 0.326 e. The van der Waals surface area contributed by atoms with Crippen LogP contribution >= 0.6 is 0 Å². The number of ether oxygens (including phenoxy) is 2. The normalized spacial score (nSPS) is 23.0. The highest BCUT2D eigenvalue weighted by molar-refractivity contribution is 6.05. The van der Waals surface area contributed by atoms with Crippen LogP contribution in [0.5, 0.6) is 5.75 Å². The molecule has 6 rings (SSSR count). The number of esters is 1. The van der Waals surface area contributed by atoms with Crippen molar-refractivity contribution in [3.8, 4) is 5.75 Å². The molecule has 0 unspecified atom stereocenters. The lowest BCUT2D eigenvalue weighted by Gasteiger charge is -2.36. The van der Waals surface area contributed by atoms with Gasteiger partial charge in [-0.2, -0.15) is 0 Å². The molecule has 0 saturated heterocycles. The summed E-state index contributed by atoms with van der Waals surface area (Å²) in [5, 5.41) is 0. The molecule has 0 radical (unpaired) electrons. The van der Waals surface area contributed by atoms with Crippen molar-refractivity contribution in [1.29, 1.82) is 0 Å². The van der Waals surface area contributed by atoms with E-state index in [1.807, 2.05) is 56.6 Å². The summed E-state index contributed by atoms with van der Waals surface area (Å²) >= 11 is 0. The molecule has 164 valence electrons. The van der Waals surface area contributed by atoms with Crippen molar-refractivity contribution in [2.45, 2.75) is 11.8 Å². The second-order valence-electron chi connectivity index (χ2n) is 9.15. The van der Waals surface area contributed by atoms with Gasteiger partial charge in [0.1, 0.15) is 16.9 Å². The first-order valence-electron chi connectivity index (χ1n) is 11.3. The van der Waals surface area contributed by atoms with Crippen LogP contribution in [0.4, 0.5) is 5.69 Å². The fourth-order valence-electron chi connectivity index (χ4n) is 5.41. The van der Waals surface area contributed by atoms with E-state index in [9.17, 15) is 4.79 Å². The lowest BCUT2D eigenvalue weighted by molar-refractivity contribution is -0.136. The lowest BCUT2D eigenvalue weighted by atomic mass is 9.63. The quantitative estimate of drug-likeness (QED) is 0.405. The van der Waals surface area contributed by atoms with Gasteiger partial charge in [-0.25, -0.2) is 0 Å². The van der Waals surface area contributed by atoms with Gasteiger partial charge >= 0.3 is 5.97 Å². The van der Waals surface area contributed by atoms with Gasteiger partial charge in [-0.1, -0.05) is 48.5 Å². The monoisotopic (exact) mass is 435 g/mol. The summed E-state index contributed by atoms with van der Waals surface area (Å²) < 4.78 is 12.1. The van der Waals surface area contributed by atoms with Crippen LogP contribution in [-0.2, 0) is 14.9 Å². The lowest BCUT2D eigenvalue weighted by Crippen LogP contribution is -2.40. The maximum atomic E-state index is 13.5. The molecule has 0 saturated carbocycles. The zero-order valence-corrected chi connectivity index (χ0v) is 18.7. The number of carbonyl (C=O) groups is 1. The van der Waals surface area contributed by atoms with Crippen molar-refractivity contribution in [2.75, 3.05) is 25.6 Å². The van der Waals surface area contributed by atoms with Crippen LogP contribution in [0.3, 0.4) is 0 Å². The minimum atomic E-state index is -0.820. The Balaban J connectivity index is 1.55. The van der Waals surface area contributed by atoms with Crippen molar-refractivity contribution in [3.63, 3.8) is 0 Å². The molecule has 2 aliphatic heterocycles. The Morgan fingerprint density at radius 1 is 0.879 bits per heavy atom. The van der Waals surface area contributed by atoms with Crippen molar-refractivity contribution in [2.24, 2.45) is 5.92 Å². The van der Waals surface area contributed by atoms with Crippen molar-refractivity contribution >= 4 is 23.0 Å². The minimum absolute atomic E-state index is 0.125. The van der Waals surface area contributed by atoms with Gasteiger partial charge in [0.2, 0.25) is 0 Å². The molecule has 0 amide bonds. The van der Waals surface area contributed by atoms with E-state index >= 15 is 0 Å². The minimum Gasteiger partial charge on any atom is -0.492 e. The Morgan fingerprint density at radius 2 is 1.61 bits per heavy atom. The van der Waals surface area contributed by atoms with Gasteiger partial charge in [0.15, 0.2) is 0 Å². The average molecular weight is 436 g/mol. The number of rotatable bonds is 3. The molecule has 33 heavy (non-hydrogen) atoms. The molecule has 2 atom stereocenters. The second kappa shape index (κ2) is 7.38. The van der Waals surface area contributed by atoms with Crippen LogP contribution in [0.1, 0.15) is 23.1 Å². The highest BCUT2D eigenvalue weighted by Crippen LogP contribution is 2.57. The van der Waals surface area contributed by atoms with E-state index in [-0.39, 0.29) is 11.9 Å². The number of anilines is 1. The predicted molar refractivity (Wildman–Crippen MR) is 130 cm³/mol. The number of benzene rings is 3. The first-order chi connectivity index (χ1) is 16.1.